The summed E-state index contributed by atoms with van der Waals surface area (Å²) in [6.07, 6.45) is 6.33. The van der Waals surface area contributed by atoms with Gasteiger partial charge in [0.2, 0.25) is 0 Å². The fourth-order valence-corrected chi connectivity index (χ4v) is 4.69. The third-order valence-corrected chi connectivity index (χ3v) is 6.47. The standard InChI is InChI=1S/C24H16Cl2N2OS/c1-2-14-28-22-20(13-12-19(25)21(22)26)30-24(28)27-23(29)18-10-8-17(9-11-18)15-16-6-4-3-5-7-16/h1,3-13H,14-15H2. The van der Waals surface area contributed by atoms with Crippen LogP contribution in [-0.4, -0.2) is 10.5 Å². The van der Waals surface area contributed by atoms with Crippen LogP contribution in [0.2, 0.25) is 10.0 Å². The molecule has 4 rings (SSSR count). The number of halogens is 2. The van der Waals surface area contributed by atoms with E-state index in [-0.39, 0.29) is 12.5 Å². The van der Waals surface area contributed by atoms with Gasteiger partial charge in [0.1, 0.15) is 0 Å². The highest BCUT2D eigenvalue weighted by Gasteiger charge is 2.13. The normalized spacial score (nSPS) is 11.6. The van der Waals surface area contributed by atoms with Crippen LogP contribution in [0.1, 0.15) is 21.5 Å². The lowest BCUT2D eigenvalue weighted by atomic mass is 10.0. The van der Waals surface area contributed by atoms with Gasteiger partial charge in [-0.05, 0) is 41.8 Å². The molecule has 0 N–H and O–H groups in total. The number of carbonyl (C=O) groups is 1. The SMILES string of the molecule is C#CCn1c(=NC(=O)c2ccc(Cc3ccccc3)cc2)sc2ccc(Cl)c(Cl)c21. The highest BCUT2D eigenvalue weighted by molar-refractivity contribution is 7.16. The summed E-state index contributed by atoms with van der Waals surface area (Å²) in [5.41, 5.74) is 3.55. The Labute approximate surface area is 188 Å². The van der Waals surface area contributed by atoms with Crippen molar-refractivity contribution < 1.29 is 4.79 Å². The molecule has 0 bridgehead atoms. The molecule has 0 radical (unpaired) electrons. The number of hydrogen-bond donors (Lipinski definition) is 0. The molecule has 0 saturated carbocycles. The van der Waals surface area contributed by atoms with Gasteiger partial charge in [0, 0.05) is 5.56 Å². The first kappa shape index (κ1) is 20.4. The van der Waals surface area contributed by atoms with E-state index >= 15 is 0 Å². The minimum absolute atomic E-state index is 0.238. The van der Waals surface area contributed by atoms with Gasteiger partial charge in [0.15, 0.2) is 4.80 Å². The Morgan fingerprint density at radius 2 is 1.70 bits per heavy atom. The van der Waals surface area contributed by atoms with Crippen molar-refractivity contribution in [2.75, 3.05) is 0 Å². The molecule has 6 heteroatoms. The van der Waals surface area contributed by atoms with E-state index in [4.69, 9.17) is 29.6 Å². The molecule has 0 saturated heterocycles. The molecule has 1 amide bonds. The van der Waals surface area contributed by atoms with Crippen molar-refractivity contribution in [1.29, 1.82) is 0 Å². The number of rotatable bonds is 4. The first-order valence-electron chi connectivity index (χ1n) is 9.19. The molecule has 0 atom stereocenters. The predicted octanol–water partition coefficient (Wildman–Crippen LogP) is 5.97. The molecule has 4 aromatic rings. The zero-order chi connectivity index (χ0) is 21.1. The maximum Gasteiger partial charge on any atom is 0.279 e. The highest BCUT2D eigenvalue weighted by Crippen LogP contribution is 2.32. The number of amides is 1. The second kappa shape index (κ2) is 8.89. The Bertz CT molecular complexity index is 1330. The average Bonchev–Trinajstić information content (AvgIpc) is 3.10. The Morgan fingerprint density at radius 1 is 1.00 bits per heavy atom. The second-order valence-corrected chi connectivity index (χ2v) is 8.45. The van der Waals surface area contributed by atoms with Crippen LogP contribution in [0.3, 0.4) is 0 Å². The average molecular weight is 451 g/mol. The molecule has 148 valence electrons. The summed E-state index contributed by atoms with van der Waals surface area (Å²) in [5, 5.41) is 0.833. The van der Waals surface area contributed by atoms with Crippen LogP contribution in [0.25, 0.3) is 10.2 Å². The first-order chi connectivity index (χ1) is 14.6. The van der Waals surface area contributed by atoms with Gasteiger partial charge in [0.05, 0.1) is 26.8 Å². The van der Waals surface area contributed by atoms with E-state index in [2.05, 4.69) is 23.0 Å². The minimum Gasteiger partial charge on any atom is -0.303 e. The molecular weight excluding hydrogens is 435 g/mol. The van der Waals surface area contributed by atoms with Crippen molar-refractivity contribution in [2.45, 2.75) is 13.0 Å². The smallest absolute Gasteiger partial charge is 0.279 e. The van der Waals surface area contributed by atoms with E-state index in [9.17, 15) is 4.79 Å². The van der Waals surface area contributed by atoms with Crippen LogP contribution in [0.5, 0.6) is 0 Å². The van der Waals surface area contributed by atoms with Crippen LogP contribution in [0.15, 0.2) is 71.7 Å². The monoisotopic (exact) mass is 450 g/mol. The second-order valence-electron chi connectivity index (χ2n) is 6.66. The van der Waals surface area contributed by atoms with E-state index in [1.54, 1.807) is 22.8 Å². The molecule has 0 aliphatic rings. The lowest BCUT2D eigenvalue weighted by Crippen LogP contribution is -2.16. The quantitative estimate of drug-likeness (QED) is 0.352. The fraction of sp³-hybridized carbons (Fsp3) is 0.0833. The predicted molar refractivity (Wildman–Crippen MR) is 124 cm³/mol. The maximum atomic E-state index is 12.8. The van der Waals surface area contributed by atoms with Gasteiger partial charge in [-0.2, -0.15) is 4.99 Å². The number of benzene rings is 3. The summed E-state index contributed by atoms with van der Waals surface area (Å²) in [5.74, 6) is 2.26. The van der Waals surface area contributed by atoms with Crippen LogP contribution < -0.4 is 4.80 Å². The van der Waals surface area contributed by atoms with Crippen LogP contribution in [0, 0.1) is 12.3 Å². The summed E-state index contributed by atoms with van der Waals surface area (Å²) in [6, 6.07) is 21.3. The number of thiazole rings is 1. The molecule has 0 unspecified atom stereocenters. The van der Waals surface area contributed by atoms with Gasteiger partial charge in [-0.3, -0.25) is 4.79 Å². The number of nitrogens with zero attached hydrogens (tertiary/aromatic N) is 2. The molecule has 1 aromatic heterocycles. The summed E-state index contributed by atoms with van der Waals surface area (Å²) in [4.78, 5) is 17.6. The topological polar surface area (TPSA) is 34.4 Å². The molecule has 0 fully saturated rings. The number of aromatic nitrogens is 1. The molecule has 3 aromatic carbocycles. The molecular formula is C24H16Cl2N2OS. The third kappa shape index (κ3) is 4.20. The van der Waals surface area contributed by atoms with Crippen molar-refractivity contribution in [3.8, 4) is 12.3 Å². The van der Waals surface area contributed by atoms with Crippen LogP contribution >= 0.6 is 34.5 Å². The van der Waals surface area contributed by atoms with E-state index in [1.165, 1.54) is 16.9 Å². The fourth-order valence-electron chi connectivity index (χ4n) is 3.17. The van der Waals surface area contributed by atoms with E-state index in [0.717, 1.165) is 16.7 Å². The molecule has 3 nitrogen and oxygen atoms in total. The molecule has 1 heterocycles. The van der Waals surface area contributed by atoms with Gasteiger partial charge in [-0.25, -0.2) is 0 Å². The molecule has 0 aliphatic heterocycles. The van der Waals surface area contributed by atoms with Crippen LogP contribution in [0.4, 0.5) is 0 Å². The number of carbonyl (C=O) groups excluding carboxylic acids is 1. The zero-order valence-electron chi connectivity index (χ0n) is 15.8. The largest absolute Gasteiger partial charge is 0.303 e. The Hall–Kier alpha value is -2.84. The summed E-state index contributed by atoms with van der Waals surface area (Å²) < 4.78 is 2.61. The van der Waals surface area contributed by atoms with Gasteiger partial charge >= 0.3 is 0 Å². The number of fused-ring (bicyclic) bond motifs is 1. The third-order valence-electron chi connectivity index (χ3n) is 4.63. The molecule has 0 aliphatic carbocycles. The lowest BCUT2D eigenvalue weighted by Gasteiger charge is -2.04. The van der Waals surface area contributed by atoms with Gasteiger partial charge in [-0.15, -0.1) is 6.42 Å². The number of terminal acetylenes is 1. The van der Waals surface area contributed by atoms with Crippen molar-refractivity contribution in [2.24, 2.45) is 4.99 Å². The lowest BCUT2D eigenvalue weighted by molar-refractivity contribution is 0.0998. The van der Waals surface area contributed by atoms with Gasteiger partial charge in [-0.1, -0.05) is 82.9 Å². The van der Waals surface area contributed by atoms with Crippen molar-refractivity contribution in [1.82, 2.24) is 4.57 Å². The van der Waals surface area contributed by atoms with Gasteiger partial charge in [0.25, 0.3) is 5.91 Å². The zero-order valence-corrected chi connectivity index (χ0v) is 18.1. The highest BCUT2D eigenvalue weighted by atomic mass is 35.5. The molecule has 0 spiro atoms. The first-order valence-corrected chi connectivity index (χ1v) is 10.8. The summed E-state index contributed by atoms with van der Waals surface area (Å²) in [6.45, 7) is 0.238. The van der Waals surface area contributed by atoms with Crippen LogP contribution in [-0.2, 0) is 13.0 Å². The Balaban J connectivity index is 1.67. The van der Waals surface area contributed by atoms with Crippen molar-refractivity contribution in [3.63, 3.8) is 0 Å². The molecule has 30 heavy (non-hydrogen) atoms. The number of hydrogen-bond acceptors (Lipinski definition) is 2. The minimum atomic E-state index is -0.333. The maximum absolute atomic E-state index is 12.8. The summed E-state index contributed by atoms with van der Waals surface area (Å²) >= 11 is 13.9. The van der Waals surface area contributed by atoms with E-state index in [1.807, 2.05) is 36.4 Å². The Kier molecular flexibility index (Phi) is 6.06. The van der Waals surface area contributed by atoms with Crippen molar-refractivity contribution >= 4 is 50.7 Å². The van der Waals surface area contributed by atoms with Crippen molar-refractivity contribution in [3.05, 3.63) is 98.3 Å². The van der Waals surface area contributed by atoms with E-state index in [0.29, 0.717) is 25.9 Å². The summed E-state index contributed by atoms with van der Waals surface area (Å²) in [7, 11) is 0. The van der Waals surface area contributed by atoms with E-state index < -0.39 is 0 Å². The van der Waals surface area contributed by atoms with Gasteiger partial charge < -0.3 is 4.57 Å². The Morgan fingerprint density at radius 3 is 2.40 bits per heavy atom.